The Morgan fingerprint density at radius 1 is 1.53 bits per heavy atom. The summed E-state index contributed by atoms with van der Waals surface area (Å²) in [5, 5.41) is 0. The van der Waals surface area contributed by atoms with Crippen molar-refractivity contribution in [2.75, 3.05) is 13.6 Å². The first kappa shape index (κ1) is 11.6. The second-order valence-corrected chi connectivity index (χ2v) is 3.79. The maximum Gasteiger partial charge on any atom is 0.272 e. The highest BCUT2D eigenvalue weighted by molar-refractivity contribution is 9.10. The average molecular weight is 272 g/mol. The van der Waals surface area contributed by atoms with Crippen molar-refractivity contribution in [2.24, 2.45) is 5.73 Å². The number of primary amides is 1. The average Bonchev–Trinajstić information content (AvgIpc) is 2.15. The summed E-state index contributed by atoms with van der Waals surface area (Å²) in [6, 6.07) is 4.98. The highest BCUT2D eigenvalue weighted by Crippen LogP contribution is 2.07. The summed E-state index contributed by atoms with van der Waals surface area (Å²) in [5.74, 6) is -0.893. The van der Waals surface area contributed by atoms with Crippen LogP contribution in [-0.2, 0) is 4.79 Å². The number of hydrogen-bond acceptors (Lipinski definition) is 3. The second kappa shape index (κ2) is 4.88. The molecule has 0 saturated carbocycles. The summed E-state index contributed by atoms with van der Waals surface area (Å²) < 4.78 is 0.570. The third-order valence-electron chi connectivity index (χ3n) is 1.67. The number of aromatic nitrogens is 1. The van der Waals surface area contributed by atoms with Gasteiger partial charge in [0.05, 0.1) is 6.54 Å². The van der Waals surface area contributed by atoms with Gasteiger partial charge in [0.25, 0.3) is 5.91 Å². The molecular weight excluding hydrogens is 262 g/mol. The quantitative estimate of drug-likeness (QED) is 0.809. The van der Waals surface area contributed by atoms with E-state index in [1.807, 2.05) is 0 Å². The number of rotatable bonds is 3. The van der Waals surface area contributed by atoms with Gasteiger partial charge in [0, 0.05) is 7.05 Å². The molecule has 0 radical (unpaired) electrons. The lowest BCUT2D eigenvalue weighted by molar-refractivity contribution is -0.118. The Morgan fingerprint density at radius 3 is 2.73 bits per heavy atom. The van der Waals surface area contributed by atoms with Crippen molar-refractivity contribution in [3.8, 4) is 0 Å². The number of carbonyl (C=O) groups excluding carboxylic acids is 2. The van der Waals surface area contributed by atoms with E-state index in [1.165, 1.54) is 11.9 Å². The van der Waals surface area contributed by atoms with Gasteiger partial charge >= 0.3 is 0 Å². The van der Waals surface area contributed by atoms with Crippen LogP contribution in [0.3, 0.4) is 0 Å². The Morgan fingerprint density at radius 2 is 2.20 bits per heavy atom. The lowest BCUT2D eigenvalue weighted by atomic mass is 10.3. The van der Waals surface area contributed by atoms with Crippen LogP contribution in [0.5, 0.6) is 0 Å². The Labute approximate surface area is 95.4 Å². The zero-order valence-electron chi connectivity index (χ0n) is 8.11. The van der Waals surface area contributed by atoms with Crippen LogP contribution in [0.25, 0.3) is 0 Å². The SMILES string of the molecule is CN(CC(N)=O)C(=O)c1cccc(Br)n1. The van der Waals surface area contributed by atoms with Crippen molar-refractivity contribution < 1.29 is 9.59 Å². The predicted octanol–water partition coefficient (Wildman–Crippen LogP) is 0.401. The summed E-state index contributed by atoms with van der Waals surface area (Å²) >= 11 is 3.16. The molecule has 0 aliphatic heterocycles. The van der Waals surface area contributed by atoms with Crippen LogP contribution >= 0.6 is 15.9 Å². The molecule has 2 amide bonds. The van der Waals surface area contributed by atoms with E-state index in [2.05, 4.69) is 20.9 Å². The van der Waals surface area contributed by atoms with Crippen LogP contribution in [-0.4, -0.2) is 35.3 Å². The molecule has 0 atom stereocenters. The summed E-state index contributed by atoms with van der Waals surface area (Å²) in [4.78, 5) is 27.5. The molecule has 6 heteroatoms. The fraction of sp³-hybridized carbons (Fsp3) is 0.222. The monoisotopic (exact) mass is 271 g/mol. The molecule has 0 saturated heterocycles. The molecule has 0 aliphatic carbocycles. The first-order chi connectivity index (χ1) is 7.00. The van der Waals surface area contributed by atoms with Gasteiger partial charge in [0.15, 0.2) is 0 Å². The minimum absolute atomic E-state index is 0.118. The van der Waals surface area contributed by atoms with Crippen molar-refractivity contribution in [3.05, 3.63) is 28.5 Å². The van der Waals surface area contributed by atoms with Gasteiger partial charge in [-0.15, -0.1) is 0 Å². The molecular formula is C9H10BrN3O2. The van der Waals surface area contributed by atoms with Crippen LogP contribution in [0.1, 0.15) is 10.5 Å². The molecule has 1 heterocycles. The van der Waals surface area contributed by atoms with E-state index >= 15 is 0 Å². The molecule has 1 aromatic heterocycles. The number of nitrogens with zero attached hydrogens (tertiary/aromatic N) is 2. The molecule has 5 nitrogen and oxygen atoms in total. The van der Waals surface area contributed by atoms with Gasteiger partial charge in [-0.05, 0) is 28.1 Å². The minimum atomic E-state index is -0.555. The summed E-state index contributed by atoms with van der Waals surface area (Å²) in [6.45, 7) is -0.118. The smallest absolute Gasteiger partial charge is 0.272 e. The van der Waals surface area contributed by atoms with E-state index in [0.717, 1.165) is 0 Å². The molecule has 0 spiro atoms. The van der Waals surface area contributed by atoms with Gasteiger partial charge in [-0.3, -0.25) is 9.59 Å². The van der Waals surface area contributed by atoms with Gasteiger partial charge in [-0.25, -0.2) is 4.98 Å². The van der Waals surface area contributed by atoms with Crippen LogP contribution < -0.4 is 5.73 Å². The number of carbonyl (C=O) groups is 2. The third kappa shape index (κ3) is 3.32. The maximum absolute atomic E-state index is 11.7. The van der Waals surface area contributed by atoms with Crippen LogP contribution in [0.4, 0.5) is 0 Å². The molecule has 80 valence electrons. The number of likely N-dealkylation sites (N-methyl/N-ethyl adjacent to an activating group) is 1. The van der Waals surface area contributed by atoms with Gasteiger partial charge in [-0.1, -0.05) is 6.07 Å². The molecule has 2 N–H and O–H groups in total. The number of pyridine rings is 1. The van der Waals surface area contributed by atoms with Gasteiger partial charge in [0.1, 0.15) is 10.3 Å². The fourth-order valence-corrected chi connectivity index (χ4v) is 1.37. The van der Waals surface area contributed by atoms with E-state index in [4.69, 9.17) is 5.73 Å². The number of hydrogen-bond donors (Lipinski definition) is 1. The topological polar surface area (TPSA) is 76.3 Å². The molecule has 0 unspecified atom stereocenters. The first-order valence-electron chi connectivity index (χ1n) is 4.17. The highest BCUT2D eigenvalue weighted by Gasteiger charge is 2.14. The highest BCUT2D eigenvalue weighted by atomic mass is 79.9. The normalized spacial score (nSPS) is 9.73. The Balaban J connectivity index is 2.80. The molecule has 1 aromatic rings. The Hall–Kier alpha value is -1.43. The van der Waals surface area contributed by atoms with Crippen molar-refractivity contribution in [1.29, 1.82) is 0 Å². The molecule has 0 aromatic carbocycles. The van der Waals surface area contributed by atoms with Crippen LogP contribution in [0.15, 0.2) is 22.8 Å². The molecule has 0 bridgehead atoms. The minimum Gasteiger partial charge on any atom is -0.368 e. The van der Waals surface area contributed by atoms with Crippen LogP contribution in [0.2, 0.25) is 0 Å². The van der Waals surface area contributed by atoms with Gasteiger partial charge in [0.2, 0.25) is 5.91 Å². The molecule has 0 fully saturated rings. The number of amides is 2. The van der Waals surface area contributed by atoms with E-state index < -0.39 is 5.91 Å². The van der Waals surface area contributed by atoms with Gasteiger partial charge in [-0.2, -0.15) is 0 Å². The van der Waals surface area contributed by atoms with Crippen LogP contribution in [0, 0.1) is 0 Å². The number of nitrogens with two attached hydrogens (primary N) is 1. The third-order valence-corrected chi connectivity index (χ3v) is 2.12. The lowest BCUT2D eigenvalue weighted by Crippen LogP contribution is -2.35. The zero-order valence-corrected chi connectivity index (χ0v) is 9.69. The lowest BCUT2D eigenvalue weighted by Gasteiger charge is -2.14. The predicted molar refractivity (Wildman–Crippen MR) is 58.1 cm³/mol. The van der Waals surface area contributed by atoms with Crippen molar-refractivity contribution in [1.82, 2.24) is 9.88 Å². The fourth-order valence-electron chi connectivity index (χ4n) is 1.03. The maximum atomic E-state index is 11.7. The molecule has 15 heavy (non-hydrogen) atoms. The summed E-state index contributed by atoms with van der Waals surface area (Å²) in [7, 11) is 1.50. The van der Waals surface area contributed by atoms with E-state index in [9.17, 15) is 9.59 Å². The summed E-state index contributed by atoms with van der Waals surface area (Å²) in [5.41, 5.74) is 5.25. The molecule has 0 aliphatic rings. The number of halogens is 1. The summed E-state index contributed by atoms with van der Waals surface area (Å²) in [6.07, 6.45) is 0. The zero-order chi connectivity index (χ0) is 11.4. The van der Waals surface area contributed by atoms with Crippen molar-refractivity contribution in [3.63, 3.8) is 0 Å². The van der Waals surface area contributed by atoms with E-state index in [0.29, 0.717) is 4.60 Å². The largest absolute Gasteiger partial charge is 0.368 e. The Kier molecular flexibility index (Phi) is 3.79. The first-order valence-corrected chi connectivity index (χ1v) is 4.96. The van der Waals surface area contributed by atoms with Crippen molar-refractivity contribution >= 4 is 27.7 Å². The Bertz CT molecular complexity index is 395. The van der Waals surface area contributed by atoms with E-state index in [1.54, 1.807) is 18.2 Å². The molecule has 1 rings (SSSR count). The van der Waals surface area contributed by atoms with Crippen molar-refractivity contribution in [2.45, 2.75) is 0 Å². The second-order valence-electron chi connectivity index (χ2n) is 2.97. The van der Waals surface area contributed by atoms with E-state index in [-0.39, 0.29) is 18.1 Å². The van der Waals surface area contributed by atoms with Gasteiger partial charge < -0.3 is 10.6 Å². The standard InChI is InChI=1S/C9H10BrN3O2/c1-13(5-8(11)14)9(15)6-3-2-4-7(10)12-6/h2-4H,5H2,1H3,(H2,11,14).